The van der Waals surface area contributed by atoms with Crippen LogP contribution < -0.4 is 5.56 Å². The predicted molar refractivity (Wildman–Crippen MR) is 97.1 cm³/mol. The first kappa shape index (κ1) is 16.7. The highest BCUT2D eigenvalue weighted by atomic mass is 16.2. The molecule has 1 fully saturated rings. The van der Waals surface area contributed by atoms with Crippen molar-refractivity contribution in [3.8, 4) is 0 Å². The summed E-state index contributed by atoms with van der Waals surface area (Å²) in [6.45, 7) is 6.36. The van der Waals surface area contributed by atoms with E-state index in [1.165, 1.54) is 12.8 Å². The molecule has 3 rings (SSSR count). The van der Waals surface area contributed by atoms with E-state index in [0.29, 0.717) is 18.5 Å². The number of aryl methyl sites for hydroxylation is 2. The molecule has 0 saturated heterocycles. The number of hydrogen-bond acceptors (Lipinski definition) is 2. The Morgan fingerprint density at radius 3 is 2.54 bits per heavy atom. The van der Waals surface area contributed by atoms with Gasteiger partial charge in [-0.3, -0.25) is 9.59 Å². The lowest BCUT2D eigenvalue weighted by Crippen LogP contribution is -2.39. The molecular weight excluding hydrogens is 300 g/mol. The topological polar surface area (TPSA) is 53.2 Å². The van der Waals surface area contributed by atoms with Crippen LogP contribution in [0.15, 0.2) is 23.0 Å². The lowest BCUT2D eigenvalue weighted by Gasteiger charge is -2.28. The molecule has 0 bridgehead atoms. The van der Waals surface area contributed by atoms with E-state index in [-0.39, 0.29) is 17.5 Å². The molecule has 0 spiro atoms. The molecule has 24 heavy (non-hydrogen) atoms. The van der Waals surface area contributed by atoms with E-state index in [4.69, 9.17) is 0 Å². The van der Waals surface area contributed by atoms with Crippen LogP contribution in [-0.4, -0.2) is 21.8 Å². The highest BCUT2D eigenvalue weighted by Crippen LogP contribution is 2.26. The van der Waals surface area contributed by atoms with E-state index in [0.717, 1.165) is 34.9 Å². The van der Waals surface area contributed by atoms with E-state index >= 15 is 0 Å². The monoisotopic (exact) mass is 326 g/mol. The van der Waals surface area contributed by atoms with Gasteiger partial charge in [-0.2, -0.15) is 0 Å². The summed E-state index contributed by atoms with van der Waals surface area (Å²) in [7, 11) is 0. The molecule has 2 aromatic rings. The summed E-state index contributed by atoms with van der Waals surface area (Å²) in [6.07, 6.45) is 4.93. The Labute approximate surface area is 142 Å². The van der Waals surface area contributed by atoms with Crippen molar-refractivity contribution >= 4 is 16.8 Å². The van der Waals surface area contributed by atoms with Crippen molar-refractivity contribution < 1.29 is 4.79 Å². The molecule has 4 heteroatoms. The summed E-state index contributed by atoms with van der Waals surface area (Å²) in [6, 6.07) is 6.36. The van der Waals surface area contributed by atoms with Gasteiger partial charge in [0.05, 0.1) is 12.1 Å². The van der Waals surface area contributed by atoms with Crippen LogP contribution in [-0.2, 0) is 11.3 Å². The van der Waals surface area contributed by atoms with Crippen molar-refractivity contribution in [2.75, 3.05) is 0 Å². The molecule has 0 radical (unpaired) electrons. The van der Waals surface area contributed by atoms with E-state index in [1.54, 1.807) is 0 Å². The maximum atomic E-state index is 12.6. The summed E-state index contributed by atoms with van der Waals surface area (Å²) < 4.78 is 0. The van der Waals surface area contributed by atoms with Crippen molar-refractivity contribution in [1.29, 1.82) is 0 Å². The van der Waals surface area contributed by atoms with Crippen LogP contribution in [0.2, 0.25) is 0 Å². The zero-order valence-corrected chi connectivity index (χ0v) is 14.8. The van der Waals surface area contributed by atoms with E-state index in [9.17, 15) is 9.59 Å². The smallest absolute Gasteiger partial charge is 0.253 e. The first-order valence-electron chi connectivity index (χ1n) is 8.93. The Hall–Kier alpha value is -2.10. The van der Waals surface area contributed by atoms with Crippen LogP contribution >= 0.6 is 0 Å². The molecule has 128 valence electrons. The van der Waals surface area contributed by atoms with E-state index < -0.39 is 0 Å². The fourth-order valence-corrected chi connectivity index (χ4v) is 3.76. The van der Waals surface area contributed by atoms with E-state index in [1.807, 2.05) is 30.9 Å². The number of carbonyl (C=O) groups excluding carboxylic acids is 1. The highest BCUT2D eigenvalue weighted by molar-refractivity contribution is 5.85. The molecule has 1 N–H and O–H groups in total. The average molecular weight is 326 g/mol. The normalized spacial score (nSPS) is 15.1. The summed E-state index contributed by atoms with van der Waals surface area (Å²) >= 11 is 0. The van der Waals surface area contributed by atoms with Crippen LogP contribution in [0.1, 0.15) is 55.7 Å². The lowest BCUT2D eigenvalue weighted by atomic mass is 10.0. The second-order valence-electron chi connectivity index (χ2n) is 6.93. The molecule has 1 amide bonds. The highest BCUT2D eigenvalue weighted by Gasteiger charge is 2.26. The second kappa shape index (κ2) is 6.80. The molecule has 1 aromatic carbocycles. The van der Waals surface area contributed by atoms with Gasteiger partial charge in [0.1, 0.15) is 0 Å². The van der Waals surface area contributed by atoms with Gasteiger partial charge in [0, 0.05) is 23.4 Å². The third kappa shape index (κ3) is 3.10. The Kier molecular flexibility index (Phi) is 4.74. The van der Waals surface area contributed by atoms with Gasteiger partial charge in [-0.05, 0) is 43.9 Å². The van der Waals surface area contributed by atoms with Gasteiger partial charge < -0.3 is 9.88 Å². The van der Waals surface area contributed by atoms with Gasteiger partial charge in [-0.25, -0.2) is 0 Å². The third-order valence-electron chi connectivity index (χ3n) is 5.25. The Morgan fingerprint density at radius 2 is 1.88 bits per heavy atom. The van der Waals surface area contributed by atoms with Crippen molar-refractivity contribution in [1.82, 2.24) is 9.88 Å². The number of aromatic amines is 1. The zero-order valence-electron chi connectivity index (χ0n) is 14.8. The molecule has 0 atom stereocenters. The summed E-state index contributed by atoms with van der Waals surface area (Å²) in [5.41, 5.74) is 3.71. The molecule has 1 aliphatic rings. The summed E-state index contributed by atoms with van der Waals surface area (Å²) in [4.78, 5) is 29.9. The lowest BCUT2D eigenvalue weighted by molar-refractivity contribution is -0.133. The Morgan fingerprint density at radius 1 is 1.21 bits per heavy atom. The van der Waals surface area contributed by atoms with Crippen molar-refractivity contribution in [3.05, 3.63) is 45.2 Å². The maximum Gasteiger partial charge on any atom is 0.253 e. The first-order chi connectivity index (χ1) is 11.5. The Bertz CT molecular complexity index is 816. The number of H-pyrrole nitrogens is 1. The largest absolute Gasteiger partial charge is 0.335 e. The molecule has 1 saturated carbocycles. The van der Waals surface area contributed by atoms with Gasteiger partial charge in [-0.1, -0.05) is 31.9 Å². The molecule has 0 unspecified atom stereocenters. The second-order valence-corrected chi connectivity index (χ2v) is 6.93. The van der Waals surface area contributed by atoms with Crippen LogP contribution in [0, 0.1) is 13.8 Å². The molecule has 1 aliphatic carbocycles. The minimum atomic E-state index is -0.0805. The molecular formula is C20H26N2O2. The number of benzene rings is 1. The van der Waals surface area contributed by atoms with Crippen LogP contribution in [0.25, 0.3) is 10.9 Å². The standard InChI is InChI=1S/C20H26N2O2/c1-4-18(23)22(16-7-5-6-8-16)12-15-11-17-13(2)9-10-14(3)19(17)21-20(15)24/h9-11,16H,4-8,12H2,1-3H3,(H,21,24). The van der Waals surface area contributed by atoms with E-state index in [2.05, 4.69) is 18.0 Å². The zero-order chi connectivity index (χ0) is 17.3. The third-order valence-corrected chi connectivity index (χ3v) is 5.25. The predicted octanol–water partition coefficient (Wildman–Crippen LogP) is 3.83. The number of aromatic nitrogens is 1. The number of nitrogens with one attached hydrogen (secondary N) is 1. The number of fused-ring (bicyclic) bond motifs is 1. The van der Waals surface area contributed by atoms with Gasteiger partial charge >= 0.3 is 0 Å². The number of nitrogens with zero attached hydrogens (tertiary/aromatic N) is 1. The average Bonchev–Trinajstić information content (AvgIpc) is 3.10. The number of hydrogen-bond donors (Lipinski definition) is 1. The van der Waals surface area contributed by atoms with Crippen LogP contribution in [0.3, 0.4) is 0 Å². The SMILES string of the molecule is CCC(=O)N(Cc1cc2c(C)ccc(C)c2[nH]c1=O)C1CCCC1. The number of rotatable bonds is 4. The van der Waals surface area contributed by atoms with Crippen molar-refractivity contribution in [2.24, 2.45) is 0 Å². The van der Waals surface area contributed by atoms with Gasteiger partial charge in [0.2, 0.25) is 5.91 Å². The molecule has 0 aliphatic heterocycles. The number of carbonyl (C=O) groups is 1. The summed E-state index contributed by atoms with van der Waals surface area (Å²) in [5, 5.41) is 1.07. The fourth-order valence-electron chi connectivity index (χ4n) is 3.76. The van der Waals surface area contributed by atoms with Crippen molar-refractivity contribution in [2.45, 2.75) is 65.5 Å². The minimum Gasteiger partial charge on any atom is -0.335 e. The Balaban J connectivity index is 2.01. The first-order valence-corrected chi connectivity index (χ1v) is 8.93. The number of pyridine rings is 1. The summed E-state index contributed by atoms with van der Waals surface area (Å²) in [5.74, 6) is 0.141. The van der Waals surface area contributed by atoms with Gasteiger partial charge in [-0.15, -0.1) is 0 Å². The molecule has 1 aromatic heterocycles. The number of amides is 1. The molecule has 4 nitrogen and oxygen atoms in total. The quantitative estimate of drug-likeness (QED) is 0.928. The van der Waals surface area contributed by atoms with Crippen LogP contribution in [0.4, 0.5) is 0 Å². The maximum absolute atomic E-state index is 12.6. The minimum absolute atomic E-state index is 0.0805. The molecule has 1 heterocycles. The van der Waals surface area contributed by atoms with Crippen molar-refractivity contribution in [3.63, 3.8) is 0 Å². The van der Waals surface area contributed by atoms with Crippen LogP contribution in [0.5, 0.6) is 0 Å². The fraction of sp³-hybridized carbons (Fsp3) is 0.500. The van der Waals surface area contributed by atoms with Gasteiger partial charge in [0.25, 0.3) is 5.56 Å². The van der Waals surface area contributed by atoms with Gasteiger partial charge in [0.15, 0.2) is 0 Å².